The molecule has 2 rings (SSSR count). The molecule has 0 radical (unpaired) electrons. The Morgan fingerprint density at radius 3 is 2.52 bits per heavy atom. The van der Waals surface area contributed by atoms with Gasteiger partial charge in [0.1, 0.15) is 6.54 Å². The summed E-state index contributed by atoms with van der Waals surface area (Å²) in [5, 5.41) is 6.49. The highest BCUT2D eigenvalue weighted by Crippen LogP contribution is 2.17. The maximum Gasteiger partial charge on any atom is 0.244 e. The lowest BCUT2D eigenvalue weighted by atomic mass is 10.2. The summed E-state index contributed by atoms with van der Waals surface area (Å²) in [6.45, 7) is 7.70. The number of hydrogen-bond acceptors (Lipinski definition) is 3. The average molecular weight is 476 g/mol. The van der Waals surface area contributed by atoms with Gasteiger partial charge in [0.05, 0.1) is 0 Å². The zero-order valence-corrected chi connectivity index (χ0v) is 18.2. The Morgan fingerprint density at radius 2 is 1.88 bits per heavy atom. The first-order valence-corrected chi connectivity index (χ1v) is 9.67. The first-order chi connectivity index (χ1) is 11.7. The molecule has 0 unspecified atom stereocenters. The number of rotatable bonds is 7. The molecular weight excluding hydrogens is 447 g/mol. The van der Waals surface area contributed by atoms with Crippen molar-refractivity contribution >= 4 is 47.6 Å². The number of amides is 1. The van der Waals surface area contributed by atoms with Crippen LogP contribution in [0.3, 0.4) is 0 Å². The summed E-state index contributed by atoms with van der Waals surface area (Å²) in [6.07, 6.45) is 2.23. The zero-order valence-electron chi connectivity index (χ0n) is 15.1. The largest absolute Gasteiger partial charge is 0.357 e. The summed E-state index contributed by atoms with van der Waals surface area (Å²) in [6, 6.07) is 8.55. The molecule has 2 N–H and O–H groups in total. The maximum atomic E-state index is 12.1. The zero-order chi connectivity index (χ0) is 17.2. The number of likely N-dealkylation sites (tertiary alicyclic amines) is 1. The first kappa shape index (κ1) is 22.1. The Labute approximate surface area is 172 Å². The monoisotopic (exact) mass is 476 g/mol. The van der Waals surface area contributed by atoms with Crippen LogP contribution in [0.15, 0.2) is 34.2 Å². The summed E-state index contributed by atoms with van der Waals surface area (Å²) in [4.78, 5) is 19.6. The lowest BCUT2D eigenvalue weighted by Crippen LogP contribution is -2.39. The molecule has 140 valence electrons. The molecule has 1 heterocycles. The van der Waals surface area contributed by atoms with Crippen LogP contribution in [0.25, 0.3) is 0 Å². The van der Waals surface area contributed by atoms with E-state index in [2.05, 4.69) is 46.8 Å². The van der Waals surface area contributed by atoms with E-state index in [1.807, 2.05) is 23.6 Å². The average Bonchev–Trinajstić information content (AvgIpc) is 3.12. The molecule has 1 amide bonds. The summed E-state index contributed by atoms with van der Waals surface area (Å²) in [7, 11) is 0. The number of nitrogens with one attached hydrogen (secondary N) is 2. The van der Waals surface area contributed by atoms with Crippen molar-refractivity contribution in [2.75, 3.05) is 38.5 Å². The van der Waals surface area contributed by atoms with Crippen molar-refractivity contribution in [1.82, 2.24) is 15.5 Å². The van der Waals surface area contributed by atoms with E-state index in [9.17, 15) is 4.79 Å². The van der Waals surface area contributed by atoms with Crippen LogP contribution in [-0.2, 0) is 4.79 Å². The minimum absolute atomic E-state index is 0. The van der Waals surface area contributed by atoms with Gasteiger partial charge in [0.2, 0.25) is 5.91 Å². The second kappa shape index (κ2) is 12.4. The van der Waals surface area contributed by atoms with Gasteiger partial charge in [-0.1, -0.05) is 17.7 Å². The van der Waals surface area contributed by atoms with Gasteiger partial charge in [-0.2, -0.15) is 0 Å². The third-order valence-electron chi connectivity index (χ3n) is 3.86. The van der Waals surface area contributed by atoms with Crippen molar-refractivity contribution in [1.29, 1.82) is 0 Å². The summed E-state index contributed by atoms with van der Waals surface area (Å²) in [5.74, 6) is 1.79. The van der Waals surface area contributed by atoms with Crippen molar-refractivity contribution in [3.63, 3.8) is 0 Å². The minimum Gasteiger partial charge on any atom is -0.357 e. The fourth-order valence-electron chi connectivity index (χ4n) is 2.53. The van der Waals surface area contributed by atoms with Gasteiger partial charge in [-0.15, -0.1) is 35.7 Å². The van der Waals surface area contributed by atoms with Gasteiger partial charge in [-0.05, 0) is 38.8 Å². The molecule has 1 aliphatic heterocycles. The normalized spacial score (nSPS) is 14.2. The fourth-order valence-corrected chi connectivity index (χ4v) is 3.30. The van der Waals surface area contributed by atoms with Gasteiger partial charge in [0.25, 0.3) is 0 Å². The minimum atomic E-state index is 0. The van der Waals surface area contributed by atoms with Crippen molar-refractivity contribution in [3.8, 4) is 0 Å². The number of aliphatic imine (C=N–C) groups is 1. The SMILES string of the molecule is CCNC(=NCC(=O)N1CCCC1)NCCSc1ccc(C)cc1.I. The molecule has 7 heteroatoms. The molecule has 0 atom stereocenters. The Morgan fingerprint density at radius 1 is 1.20 bits per heavy atom. The summed E-state index contributed by atoms with van der Waals surface area (Å²) < 4.78 is 0. The third-order valence-corrected chi connectivity index (χ3v) is 4.87. The molecule has 1 fully saturated rings. The van der Waals surface area contributed by atoms with E-state index in [0.717, 1.165) is 50.7 Å². The van der Waals surface area contributed by atoms with Gasteiger partial charge < -0.3 is 15.5 Å². The molecule has 5 nitrogen and oxygen atoms in total. The summed E-state index contributed by atoms with van der Waals surface area (Å²) in [5.41, 5.74) is 1.28. The van der Waals surface area contributed by atoms with Gasteiger partial charge >= 0.3 is 0 Å². The van der Waals surface area contributed by atoms with E-state index in [-0.39, 0.29) is 36.4 Å². The molecule has 1 saturated heterocycles. The van der Waals surface area contributed by atoms with Crippen LogP contribution in [-0.4, -0.2) is 55.2 Å². The van der Waals surface area contributed by atoms with E-state index in [4.69, 9.17) is 0 Å². The van der Waals surface area contributed by atoms with Gasteiger partial charge in [0.15, 0.2) is 5.96 Å². The predicted molar refractivity (Wildman–Crippen MR) is 117 cm³/mol. The van der Waals surface area contributed by atoms with Crippen LogP contribution in [0.1, 0.15) is 25.3 Å². The van der Waals surface area contributed by atoms with Crippen LogP contribution in [0.5, 0.6) is 0 Å². The Hall–Kier alpha value is -0.960. The number of benzene rings is 1. The number of carbonyl (C=O) groups excluding carboxylic acids is 1. The van der Waals surface area contributed by atoms with E-state index < -0.39 is 0 Å². The van der Waals surface area contributed by atoms with Crippen molar-refractivity contribution in [2.24, 2.45) is 4.99 Å². The Bertz CT molecular complexity index is 545. The van der Waals surface area contributed by atoms with Crippen molar-refractivity contribution in [2.45, 2.75) is 31.6 Å². The highest BCUT2D eigenvalue weighted by molar-refractivity contribution is 14.0. The number of hydrogen-bond donors (Lipinski definition) is 2. The maximum absolute atomic E-state index is 12.1. The molecule has 1 aromatic rings. The van der Waals surface area contributed by atoms with Crippen molar-refractivity contribution < 1.29 is 4.79 Å². The molecule has 1 aliphatic rings. The second-order valence-electron chi connectivity index (χ2n) is 5.87. The number of aryl methyl sites for hydroxylation is 1. The fraction of sp³-hybridized carbons (Fsp3) is 0.556. The topological polar surface area (TPSA) is 56.7 Å². The Balaban J connectivity index is 0.00000312. The second-order valence-corrected chi connectivity index (χ2v) is 7.04. The highest BCUT2D eigenvalue weighted by Gasteiger charge is 2.17. The lowest BCUT2D eigenvalue weighted by molar-refractivity contribution is -0.128. The van der Waals surface area contributed by atoms with Gasteiger partial charge in [-0.3, -0.25) is 4.79 Å². The van der Waals surface area contributed by atoms with Crippen molar-refractivity contribution in [3.05, 3.63) is 29.8 Å². The molecule has 0 saturated carbocycles. The lowest BCUT2D eigenvalue weighted by Gasteiger charge is -2.15. The van der Waals surface area contributed by atoms with Gasteiger partial charge in [0, 0.05) is 36.8 Å². The van der Waals surface area contributed by atoms with Crippen LogP contribution < -0.4 is 10.6 Å². The number of guanidine groups is 1. The van der Waals surface area contributed by atoms with E-state index in [1.165, 1.54) is 10.5 Å². The Kier molecular flexibility index (Phi) is 11.0. The summed E-state index contributed by atoms with van der Waals surface area (Å²) >= 11 is 1.81. The highest BCUT2D eigenvalue weighted by atomic mass is 127. The van der Waals surface area contributed by atoms with Crippen LogP contribution in [0, 0.1) is 6.92 Å². The van der Waals surface area contributed by atoms with E-state index in [1.54, 1.807) is 0 Å². The van der Waals surface area contributed by atoms with Gasteiger partial charge in [-0.25, -0.2) is 4.99 Å². The molecule has 25 heavy (non-hydrogen) atoms. The third kappa shape index (κ3) is 8.31. The predicted octanol–water partition coefficient (Wildman–Crippen LogP) is 2.88. The molecule has 0 spiro atoms. The molecule has 1 aromatic carbocycles. The van der Waals surface area contributed by atoms with E-state index >= 15 is 0 Å². The quantitative estimate of drug-likeness (QED) is 0.209. The van der Waals surface area contributed by atoms with Crippen LogP contribution in [0.2, 0.25) is 0 Å². The van der Waals surface area contributed by atoms with Crippen LogP contribution in [0.4, 0.5) is 0 Å². The number of thioether (sulfide) groups is 1. The van der Waals surface area contributed by atoms with E-state index in [0.29, 0.717) is 0 Å². The number of nitrogens with zero attached hydrogens (tertiary/aromatic N) is 2. The first-order valence-electron chi connectivity index (χ1n) is 8.68. The standard InChI is InChI=1S/C18H28N4OS.HI/c1-3-19-18(21-14-17(23)22-11-4-5-12-22)20-10-13-24-16-8-6-15(2)7-9-16;/h6-9H,3-5,10-14H2,1-2H3,(H2,19,20,21);1H. The smallest absolute Gasteiger partial charge is 0.244 e. The number of carbonyl (C=O) groups is 1. The molecule has 0 aromatic heterocycles. The molecule has 0 bridgehead atoms. The molecule has 0 aliphatic carbocycles. The molecular formula is C18H29IN4OS. The van der Waals surface area contributed by atoms with Crippen LogP contribution >= 0.6 is 35.7 Å². The number of halogens is 1.